The molecular weight excluding hydrogens is 245 g/mol. The summed E-state index contributed by atoms with van der Waals surface area (Å²) in [4.78, 5) is 12.1. The third kappa shape index (κ3) is 2.91. The molecule has 0 radical (unpaired) electrons. The molecule has 0 bridgehead atoms. The number of carbonyl (C=O) groups is 1. The summed E-state index contributed by atoms with van der Waals surface area (Å²) < 4.78 is 13.0. The average Bonchev–Trinajstić information content (AvgIpc) is 2.35. The molecule has 0 fully saturated rings. The van der Waals surface area contributed by atoms with E-state index in [1.54, 1.807) is 19.1 Å². The third-order valence-corrected chi connectivity index (χ3v) is 2.83. The predicted octanol–water partition coefficient (Wildman–Crippen LogP) is 3.40. The van der Waals surface area contributed by atoms with Crippen LogP contribution in [0.2, 0.25) is 0 Å². The molecule has 0 saturated heterocycles. The number of aryl methyl sites for hydroxylation is 2. The monoisotopic (exact) mass is 259 g/mol. The summed E-state index contributed by atoms with van der Waals surface area (Å²) in [7, 11) is 0. The molecule has 0 atom stereocenters. The van der Waals surface area contributed by atoms with E-state index in [0.29, 0.717) is 11.3 Å². The SMILES string of the molecule is Cc1ccc(O)c(C(=O)Nc2ccc(F)cc2C)c1. The first-order valence-corrected chi connectivity index (χ1v) is 5.84. The van der Waals surface area contributed by atoms with Crippen LogP contribution >= 0.6 is 0 Å². The Morgan fingerprint density at radius 2 is 1.89 bits per heavy atom. The molecule has 2 aromatic rings. The van der Waals surface area contributed by atoms with Crippen molar-refractivity contribution in [3.8, 4) is 5.75 Å². The van der Waals surface area contributed by atoms with Gasteiger partial charge in [-0.3, -0.25) is 4.79 Å². The van der Waals surface area contributed by atoms with Gasteiger partial charge in [0.25, 0.3) is 5.91 Å². The number of halogens is 1. The summed E-state index contributed by atoms with van der Waals surface area (Å²) >= 11 is 0. The molecule has 4 heteroatoms. The maximum atomic E-state index is 13.0. The zero-order valence-corrected chi connectivity index (χ0v) is 10.7. The summed E-state index contributed by atoms with van der Waals surface area (Å²) in [5.74, 6) is -0.854. The van der Waals surface area contributed by atoms with Crippen LogP contribution in [0.15, 0.2) is 36.4 Å². The lowest BCUT2D eigenvalue weighted by molar-refractivity contribution is 0.102. The average molecular weight is 259 g/mol. The zero-order valence-electron chi connectivity index (χ0n) is 10.7. The summed E-state index contributed by atoms with van der Waals surface area (Å²) in [6, 6.07) is 8.90. The summed E-state index contributed by atoms with van der Waals surface area (Å²) in [6.07, 6.45) is 0. The number of rotatable bonds is 2. The van der Waals surface area contributed by atoms with Crippen LogP contribution in [-0.2, 0) is 0 Å². The van der Waals surface area contributed by atoms with E-state index >= 15 is 0 Å². The Morgan fingerprint density at radius 1 is 1.16 bits per heavy atom. The van der Waals surface area contributed by atoms with Gasteiger partial charge in [-0.1, -0.05) is 11.6 Å². The van der Waals surface area contributed by atoms with Gasteiger partial charge in [-0.15, -0.1) is 0 Å². The van der Waals surface area contributed by atoms with Gasteiger partial charge in [0.1, 0.15) is 11.6 Å². The molecule has 0 aliphatic carbocycles. The zero-order chi connectivity index (χ0) is 14.0. The lowest BCUT2D eigenvalue weighted by Gasteiger charge is -2.10. The number of amides is 1. The smallest absolute Gasteiger partial charge is 0.259 e. The van der Waals surface area contributed by atoms with E-state index in [0.717, 1.165) is 5.56 Å². The van der Waals surface area contributed by atoms with Crippen LogP contribution in [0.25, 0.3) is 0 Å². The maximum absolute atomic E-state index is 13.0. The highest BCUT2D eigenvalue weighted by atomic mass is 19.1. The van der Waals surface area contributed by atoms with Crippen molar-refractivity contribution in [2.45, 2.75) is 13.8 Å². The van der Waals surface area contributed by atoms with Crippen molar-refractivity contribution in [1.82, 2.24) is 0 Å². The fraction of sp³-hybridized carbons (Fsp3) is 0.133. The van der Waals surface area contributed by atoms with E-state index in [1.165, 1.54) is 24.3 Å². The number of hydrogen-bond acceptors (Lipinski definition) is 2. The fourth-order valence-electron chi connectivity index (χ4n) is 1.79. The Morgan fingerprint density at radius 3 is 2.58 bits per heavy atom. The van der Waals surface area contributed by atoms with Gasteiger partial charge in [0.15, 0.2) is 0 Å². The topological polar surface area (TPSA) is 49.3 Å². The first kappa shape index (κ1) is 13.1. The normalized spacial score (nSPS) is 10.3. The molecular formula is C15H14FNO2. The molecule has 0 heterocycles. The minimum atomic E-state index is -0.420. The lowest BCUT2D eigenvalue weighted by atomic mass is 10.1. The van der Waals surface area contributed by atoms with Crippen molar-refractivity contribution < 1.29 is 14.3 Å². The van der Waals surface area contributed by atoms with Crippen LogP contribution in [0.1, 0.15) is 21.5 Å². The molecule has 2 aromatic carbocycles. The highest BCUT2D eigenvalue weighted by molar-refractivity contribution is 6.06. The molecule has 19 heavy (non-hydrogen) atoms. The van der Waals surface area contributed by atoms with Crippen LogP contribution < -0.4 is 5.32 Å². The van der Waals surface area contributed by atoms with E-state index in [1.807, 2.05) is 6.92 Å². The second kappa shape index (κ2) is 5.10. The molecule has 0 aliphatic rings. The van der Waals surface area contributed by atoms with Gasteiger partial charge in [0.05, 0.1) is 5.56 Å². The number of phenolic OH excluding ortho intramolecular Hbond substituents is 1. The number of nitrogens with one attached hydrogen (secondary N) is 1. The summed E-state index contributed by atoms with van der Waals surface area (Å²) in [6.45, 7) is 3.54. The van der Waals surface area contributed by atoms with Crippen LogP contribution in [0.4, 0.5) is 10.1 Å². The third-order valence-electron chi connectivity index (χ3n) is 2.83. The van der Waals surface area contributed by atoms with Crippen molar-refractivity contribution in [2.75, 3.05) is 5.32 Å². The molecule has 2 rings (SSSR count). The highest BCUT2D eigenvalue weighted by Gasteiger charge is 2.12. The van der Waals surface area contributed by atoms with E-state index in [-0.39, 0.29) is 17.1 Å². The Bertz CT molecular complexity index is 638. The van der Waals surface area contributed by atoms with Crippen molar-refractivity contribution >= 4 is 11.6 Å². The number of aromatic hydroxyl groups is 1. The van der Waals surface area contributed by atoms with Gasteiger partial charge in [-0.2, -0.15) is 0 Å². The first-order valence-electron chi connectivity index (χ1n) is 5.84. The van der Waals surface area contributed by atoms with Crippen molar-refractivity contribution in [2.24, 2.45) is 0 Å². The Balaban J connectivity index is 2.28. The Hall–Kier alpha value is -2.36. The van der Waals surface area contributed by atoms with Gasteiger partial charge in [-0.05, 0) is 49.7 Å². The van der Waals surface area contributed by atoms with E-state index < -0.39 is 5.91 Å². The van der Waals surface area contributed by atoms with E-state index in [9.17, 15) is 14.3 Å². The van der Waals surface area contributed by atoms with Crippen molar-refractivity contribution in [3.05, 3.63) is 58.9 Å². The van der Waals surface area contributed by atoms with Crippen LogP contribution in [0.5, 0.6) is 5.75 Å². The fourth-order valence-corrected chi connectivity index (χ4v) is 1.79. The molecule has 0 unspecified atom stereocenters. The predicted molar refractivity (Wildman–Crippen MR) is 71.9 cm³/mol. The molecule has 1 amide bonds. The minimum Gasteiger partial charge on any atom is -0.507 e. The molecule has 0 spiro atoms. The number of carbonyl (C=O) groups excluding carboxylic acids is 1. The number of phenols is 1. The first-order chi connectivity index (χ1) is 8.97. The minimum absolute atomic E-state index is 0.0807. The quantitative estimate of drug-likeness (QED) is 0.868. The lowest BCUT2D eigenvalue weighted by Crippen LogP contribution is -2.13. The van der Waals surface area contributed by atoms with Crippen LogP contribution in [0, 0.1) is 19.7 Å². The molecule has 2 N–H and O–H groups in total. The van der Waals surface area contributed by atoms with Crippen molar-refractivity contribution in [3.63, 3.8) is 0 Å². The molecule has 0 aromatic heterocycles. The Kier molecular flexibility index (Phi) is 3.51. The molecule has 0 aliphatic heterocycles. The van der Waals surface area contributed by atoms with Gasteiger partial charge >= 0.3 is 0 Å². The summed E-state index contributed by atoms with van der Waals surface area (Å²) in [5.41, 5.74) is 2.22. The second-order valence-electron chi connectivity index (χ2n) is 4.43. The highest BCUT2D eigenvalue weighted by Crippen LogP contribution is 2.21. The maximum Gasteiger partial charge on any atom is 0.259 e. The van der Waals surface area contributed by atoms with Crippen LogP contribution in [0.3, 0.4) is 0 Å². The molecule has 0 saturated carbocycles. The van der Waals surface area contributed by atoms with Crippen molar-refractivity contribution in [1.29, 1.82) is 0 Å². The van der Waals surface area contributed by atoms with E-state index in [2.05, 4.69) is 5.32 Å². The number of hydrogen-bond donors (Lipinski definition) is 2. The van der Waals surface area contributed by atoms with Crippen LogP contribution in [-0.4, -0.2) is 11.0 Å². The van der Waals surface area contributed by atoms with Gasteiger partial charge in [-0.25, -0.2) is 4.39 Å². The van der Waals surface area contributed by atoms with Gasteiger partial charge < -0.3 is 10.4 Å². The van der Waals surface area contributed by atoms with Gasteiger partial charge in [0.2, 0.25) is 0 Å². The second-order valence-corrected chi connectivity index (χ2v) is 4.43. The Labute approximate surface area is 110 Å². The number of benzene rings is 2. The molecule has 98 valence electrons. The van der Waals surface area contributed by atoms with E-state index in [4.69, 9.17) is 0 Å². The van der Waals surface area contributed by atoms with Gasteiger partial charge in [0, 0.05) is 5.69 Å². The molecule has 3 nitrogen and oxygen atoms in total. The largest absolute Gasteiger partial charge is 0.507 e. The number of anilines is 1. The summed E-state index contributed by atoms with van der Waals surface area (Å²) in [5, 5.41) is 12.3. The standard InChI is InChI=1S/C15H14FNO2/c1-9-3-6-14(18)12(7-9)15(19)17-13-5-4-11(16)8-10(13)2/h3-8,18H,1-2H3,(H,17,19).